The number of hydrogen-bond donors (Lipinski definition) is 0. The highest BCUT2D eigenvalue weighted by Gasteiger charge is 2.15. The SMILES string of the molecule is CCCCN(CCC(=O)[O-])C(=O)c1ccoc1. The van der Waals surface area contributed by atoms with Gasteiger partial charge >= 0.3 is 0 Å². The normalized spacial score (nSPS) is 10.2. The monoisotopic (exact) mass is 238 g/mol. The smallest absolute Gasteiger partial charge is 0.257 e. The lowest BCUT2D eigenvalue weighted by atomic mass is 10.2. The van der Waals surface area contributed by atoms with Crippen molar-refractivity contribution in [2.75, 3.05) is 13.1 Å². The summed E-state index contributed by atoms with van der Waals surface area (Å²) in [6, 6.07) is 1.57. The molecule has 5 heteroatoms. The van der Waals surface area contributed by atoms with Crippen molar-refractivity contribution in [1.82, 2.24) is 4.90 Å². The predicted octanol–water partition coefficient (Wildman–Crippen LogP) is 0.662. The van der Waals surface area contributed by atoms with Crippen molar-refractivity contribution < 1.29 is 19.1 Å². The number of amides is 1. The van der Waals surface area contributed by atoms with Crippen LogP contribution in [0.15, 0.2) is 23.0 Å². The number of carbonyl (C=O) groups is 2. The van der Waals surface area contributed by atoms with Crippen LogP contribution in [0.5, 0.6) is 0 Å². The fourth-order valence-corrected chi connectivity index (χ4v) is 1.46. The molecule has 0 bridgehead atoms. The molecular formula is C12H16NO4-. The van der Waals surface area contributed by atoms with Gasteiger partial charge < -0.3 is 19.2 Å². The Hall–Kier alpha value is -1.78. The van der Waals surface area contributed by atoms with Crippen molar-refractivity contribution in [3.63, 3.8) is 0 Å². The summed E-state index contributed by atoms with van der Waals surface area (Å²) in [4.78, 5) is 23.9. The van der Waals surface area contributed by atoms with Crippen LogP contribution in [0.25, 0.3) is 0 Å². The Balaban J connectivity index is 2.61. The highest BCUT2D eigenvalue weighted by molar-refractivity contribution is 5.93. The molecule has 0 aliphatic carbocycles. The second-order valence-corrected chi connectivity index (χ2v) is 3.78. The molecule has 0 aliphatic heterocycles. The Kier molecular flexibility index (Phi) is 5.26. The number of carbonyl (C=O) groups excluding carboxylic acids is 2. The lowest BCUT2D eigenvalue weighted by molar-refractivity contribution is -0.305. The first kappa shape index (κ1) is 13.3. The number of furan rings is 1. The number of hydrogen-bond acceptors (Lipinski definition) is 4. The van der Waals surface area contributed by atoms with E-state index in [1.54, 1.807) is 6.07 Å². The minimum absolute atomic E-state index is 0.146. The maximum atomic E-state index is 12.0. The average molecular weight is 238 g/mol. The number of aliphatic carboxylic acids is 1. The van der Waals surface area contributed by atoms with Gasteiger partial charge in [-0.3, -0.25) is 4.79 Å². The molecule has 5 nitrogen and oxygen atoms in total. The summed E-state index contributed by atoms with van der Waals surface area (Å²) >= 11 is 0. The molecule has 1 heterocycles. The third-order valence-corrected chi connectivity index (χ3v) is 2.42. The van der Waals surface area contributed by atoms with Crippen molar-refractivity contribution in [2.24, 2.45) is 0 Å². The molecule has 0 saturated heterocycles. The van der Waals surface area contributed by atoms with Crippen LogP contribution in [0, 0.1) is 0 Å². The lowest BCUT2D eigenvalue weighted by Crippen LogP contribution is -2.36. The molecule has 0 aromatic carbocycles. The topological polar surface area (TPSA) is 73.6 Å². The van der Waals surface area contributed by atoms with Gasteiger partial charge in [-0.15, -0.1) is 0 Å². The molecule has 0 aliphatic rings. The first-order valence-corrected chi connectivity index (χ1v) is 5.66. The molecule has 0 fully saturated rings. The molecule has 17 heavy (non-hydrogen) atoms. The quantitative estimate of drug-likeness (QED) is 0.699. The second kappa shape index (κ2) is 6.73. The highest BCUT2D eigenvalue weighted by Crippen LogP contribution is 2.07. The molecular weight excluding hydrogens is 222 g/mol. The third kappa shape index (κ3) is 4.30. The number of rotatable bonds is 7. The molecule has 0 radical (unpaired) electrons. The van der Waals surface area contributed by atoms with E-state index in [0.717, 1.165) is 12.8 Å². The van der Waals surface area contributed by atoms with Crippen LogP contribution in [0.2, 0.25) is 0 Å². The van der Waals surface area contributed by atoms with Crippen molar-refractivity contribution in [3.05, 3.63) is 24.2 Å². The molecule has 0 unspecified atom stereocenters. The van der Waals surface area contributed by atoms with E-state index in [1.165, 1.54) is 17.4 Å². The van der Waals surface area contributed by atoms with Gasteiger partial charge in [-0.25, -0.2) is 0 Å². The van der Waals surface area contributed by atoms with Crippen molar-refractivity contribution in [1.29, 1.82) is 0 Å². The zero-order valence-electron chi connectivity index (χ0n) is 9.85. The standard InChI is InChI=1S/C12H17NO4/c1-2-3-6-13(7-4-11(14)15)12(16)10-5-8-17-9-10/h5,8-9H,2-4,6-7H2,1H3,(H,14,15)/p-1. The van der Waals surface area contributed by atoms with Crippen LogP contribution in [-0.4, -0.2) is 29.9 Å². The molecule has 0 saturated carbocycles. The first-order valence-electron chi connectivity index (χ1n) is 5.66. The zero-order chi connectivity index (χ0) is 12.7. The van der Waals surface area contributed by atoms with Gasteiger partial charge in [0.25, 0.3) is 5.91 Å². The van der Waals surface area contributed by atoms with E-state index in [-0.39, 0.29) is 18.9 Å². The molecule has 0 atom stereocenters. The minimum atomic E-state index is -1.15. The van der Waals surface area contributed by atoms with Crippen molar-refractivity contribution >= 4 is 11.9 Å². The van der Waals surface area contributed by atoms with Gasteiger partial charge in [0, 0.05) is 25.5 Å². The highest BCUT2D eigenvalue weighted by atomic mass is 16.4. The van der Waals surface area contributed by atoms with Gasteiger partial charge in [0.15, 0.2) is 0 Å². The van der Waals surface area contributed by atoms with Gasteiger partial charge in [-0.1, -0.05) is 13.3 Å². The Morgan fingerprint density at radius 1 is 1.41 bits per heavy atom. The summed E-state index contributed by atoms with van der Waals surface area (Å²) in [6.07, 6.45) is 4.43. The van der Waals surface area contributed by atoms with E-state index in [9.17, 15) is 14.7 Å². The molecule has 1 aromatic heterocycles. The van der Waals surface area contributed by atoms with Gasteiger partial charge in [0.05, 0.1) is 11.8 Å². The fourth-order valence-electron chi connectivity index (χ4n) is 1.46. The van der Waals surface area contributed by atoms with Crippen molar-refractivity contribution in [2.45, 2.75) is 26.2 Å². The van der Waals surface area contributed by atoms with E-state index in [4.69, 9.17) is 4.42 Å². The van der Waals surface area contributed by atoms with E-state index < -0.39 is 5.97 Å². The van der Waals surface area contributed by atoms with E-state index in [2.05, 4.69) is 0 Å². The predicted molar refractivity (Wildman–Crippen MR) is 59.1 cm³/mol. The fraction of sp³-hybridized carbons (Fsp3) is 0.500. The summed E-state index contributed by atoms with van der Waals surface area (Å²) in [5, 5.41) is 10.4. The third-order valence-electron chi connectivity index (χ3n) is 2.42. The van der Waals surface area contributed by atoms with E-state index in [0.29, 0.717) is 12.1 Å². The van der Waals surface area contributed by atoms with Gasteiger partial charge in [0.2, 0.25) is 0 Å². The molecule has 1 aromatic rings. The van der Waals surface area contributed by atoms with Crippen LogP contribution in [0.3, 0.4) is 0 Å². The van der Waals surface area contributed by atoms with Crippen LogP contribution >= 0.6 is 0 Å². The number of nitrogens with zero attached hydrogens (tertiary/aromatic N) is 1. The van der Waals surface area contributed by atoms with Crippen LogP contribution in [0.1, 0.15) is 36.5 Å². The molecule has 1 rings (SSSR count). The molecule has 1 amide bonds. The Labute approximate surface area is 100 Å². The molecule has 94 valence electrons. The largest absolute Gasteiger partial charge is 0.550 e. The van der Waals surface area contributed by atoms with Gasteiger partial charge in [-0.05, 0) is 12.5 Å². The van der Waals surface area contributed by atoms with Gasteiger partial charge in [-0.2, -0.15) is 0 Å². The summed E-state index contributed by atoms with van der Waals surface area (Å²) in [6.45, 7) is 2.74. The van der Waals surface area contributed by atoms with Crippen LogP contribution < -0.4 is 5.11 Å². The lowest BCUT2D eigenvalue weighted by Gasteiger charge is -2.22. The number of carboxylic acids is 1. The van der Waals surface area contributed by atoms with Crippen LogP contribution in [-0.2, 0) is 4.79 Å². The van der Waals surface area contributed by atoms with Crippen LogP contribution in [0.4, 0.5) is 0 Å². The molecule has 0 spiro atoms. The Bertz CT molecular complexity index is 359. The second-order valence-electron chi connectivity index (χ2n) is 3.78. The molecule has 0 N–H and O–H groups in total. The van der Waals surface area contributed by atoms with E-state index in [1.807, 2.05) is 6.92 Å². The maximum absolute atomic E-state index is 12.0. The summed E-state index contributed by atoms with van der Waals surface area (Å²) in [5.74, 6) is -1.35. The van der Waals surface area contributed by atoms with Gasteiger partial charge in [0.1, 0.15) is 6.26 Å². The van der Waals surface area contributed by atoms with Crippen molar-refractivity contribution in [3.8, 4) is 0 Å². The minimum Gasteiger partial charge on any atom is -0.550 e. The number of carboxylic acid groups (broad SMARTS) is 1. The Morgan fingerprint density at radius 3 is 2.71 bits per heavy atom. The summed E-state index contributed by atoms with van der Waals surface area (Å²) in [5.41, 5.74) is 0.444. The van der Waals surface area contributed by atoms with E-state index >= 15 is 0 Å². The zero-order valence-corrected chi connectivity index (χ0v) is 9.85. The summed E-state index contributed by atoms with van der Waals surface area (Å²) < 4.78 is 4.84. The maximum Gasteiger partial charge on any atom is 0.257 e. The average Bonchev–Trinajstić information content (AvgIpc) is 2.81. The summed E-state index contributed by atoms with van der Waals surface area (Å²) in [7, 11) is 0. The number of unbranched alkanes of at least 4 members (excludes halogenated alkanes) is 1. The Morgan fingerprint density at radius 2 is 2.18 bits per heavy atom. The first-order chi connectivity index (χ1) is 8.15.